The summed E-state index contributed by atoms with van der Waals surface area (Å²) in [6.07, 6.45) is 7.84. The summed E-state index contributed by atoms with van der Waals surface area (Å²) < 4.78 is 2.00. The van der Waals surface area contributed by atoms with Crippen molar-refractivity contribution in [2.24, 2.45) is 17.8 Å². The van der Waals surface area contributed by atoms with E-state index in [0.717, 1.165) is 24.3 Å². The number of aromatic nitrogens is 2. The molecule has 0 radical (unpaired) electrons. The molecule has 2 fully saturated rings. The van der Waals surface area contributed by atoms with Gasteiger partial charge in [0.2, 0.25) is 5.82 Å². The fourth-order valence-corrected chi connectivity index (χ4v) is 2.84. The minimum Gasteiger partial charge on any atom is -0.322 e. The van der Waals surface area contributed by atoms with E-state index in [0.29, 0.717) is 5.82 Å². The van der Waals surface area contributed by atoms with Gasteiger partial charge in [-0.2, -0.15) is 5.26 Å². The molecule has 1 heterocycles. The summed E-state index contributed by atoms with van der Waals surface area (Å²) in [6.45, 7) is 0.996. The van der Waals surface area contributed by atoms with Gasteiger partial charge in [0, 0.05) is 18.9 Å². The van der Waals surface area contributed by atoms with E-state index in [1.807, 2.05) is 10.8 Å². The SMILES string of the molecule is N#Cc1nccn1CC1CC2CC2C1. The molecular weight excluding hydrogens is 174 g/mol. The molecule has 1 aromatic heterocycles. The molecule has 0 amide bonds. The lowest BCUT2D eigenvalue weighted by atomic mass is 10.0. The van der Waals surface area contributed by atoms with Crippen LogP contribution in [0.5, 0.6) is 0 Å². The van der Waals surface area contributed by atoms with Crippen LogP contribution in [0.25, 0.3) is 0 Å². The Balaban J connectivity index is 1.69. The molecule has 0 saturated heterocycles. The Labute approximate surface area is 83.4 Å². The highest BCUT2D eigenvalue weighted by molar-refractivity contribution is 5.11. The molecule has 2 aliphatic rings. The van der Waals surface area contributed by atoms with Crippen LogP contribution in [0.2, 0.25) is 0 Å². The molecule has 0 aliphatic heterocycles. The molecular formula is C11H13N3. The van der Waals surface area contributed by atoms with Crippen LogP contribution in [0.15, 0.2) is 12.4 Å². The summed E-state index contributed by atoms with van der Waals surface area (Å²) in [5.41, 5.74) is 0. The van der Waals surface area contributed by atoms with E-state index in [-0.39, 0.29) is 0 Å². The summed E-state index contributed by atoms with van der Waals surface area (Å²) in [7, 11) is 0. The Morgan fingerprint density at radius 1 is 1.43 bits per heavy atom. The Bertz CT molecular complexity index is 377. The van der Waals surface area contributed by atoms with Gasteiger partial charge in [-0.25, -0.2) is 4.98 Å². The summed E-state index contributed by atoms with van der Waals surface area (Å²) in [5.74, 6) is 3.40. The van der Waals surface area contributed by atoms with Crippen LogP contribution in [0, 0.1) is 29.1 Å². The third kappa shape index (κ3) is 1.22. The number of nitrogens with zero attached hydrogens (tertiary/aromatic N) is 3. The van der Waals surface area contributed by atoms with Crippen molar-refractivity contribution >= 4 is 0 Å². The molecule has 2 saturated carbocycles. The van der Waals surface area contributed by atoms with Crippen molar-refractivity contribution in [1.29, 1.82) is 5.26 Å². The lowest BCUT2D eigenvalue weighted by molar-refractivity contribution is 0.415. The van der Waals surface area contributed by atoms with Gasteiger partial charge in [0.1, 0.15) is 6.07 Å². The molecule has 0 bridgehead atoms. The highest BCUT2D eigenvalue weighted by atomic mass is 15.1. The maximum Gasteiger partial charge on any atom is 0.212 e. The minimum absolute atomic E-state index is 0.561. The number of rotatable bonds is 2. The van der Waals surface area contributed by atoms with Gasteiger partial charge in [-0.1, -0.05) is 0 Å². The van der Waals surface area contributed by atoms with Crippen LogP contribution in [0.4, 0.5) is 0 Å². The highest BCUT2D eigenvalue weighted by Gasteiger charge is 2.45. The monoisotopic (exact) mass is 187 g/mol. The predicted octanol–water partition coefficient (Wildman–Crippen LogP) is 1.80. The van der Waals surface area contributed by atoms with Gasteiger partial charge in [-0.3, -0.25) is 0 Å². The topological polar surface area (TPSA) is 41.6 Å². The number of nitriles is 1. The normalized spacial score (nSPS) is 33.8. The van der Waals surface area contributed by atoms with E-state index < -0.39 is 0 Å². The van der Waals surface area contributed by atoms with E-state index in [2.05, 4.69) is 11.1 Å². The summed E-state index contributed by atoms with van der Waals surface area (Å²) >= 11 is 0. The molecule has 2 aliphatic carbocycles. The van der Waals surface area contributed by atoms with Crippen molar-refractivity contribution in [3.63, 3.8) is 0 Å². The summed E-state index contributed by atoms with van der Waals surface area (Å²) in [4.78, 5) is 4.01. The molecule has 0 aromatic carbocycles. The number of fused-ring (bicyclic) bond motifs is 1. The standard InChI is InChI=1S/C11H13N3/c12-6-11-13-1-2-14(11)7-8-3-9-5-10(9)4-8/h1-2,8-10H,3-5,7H2. The van der Waals surface area contributed by atoms with Crippen LogP contribution >= 0.6 is 0 Å². The zero-order valence-electron chi connectivity index (χ0n) is 8.06. The molecule has 14 heavy (non-hydrogen) atoms. The molecule has 2 unspecified atom stereocenters. The van der Waals surface area contributed by atoms with Crippen LogP contribution in [-0.4, -0.2) is 9.55 Å². The lowest BCUT2D eigenvalue weighted by Gasteiger charge is -2.12. The van der Waals surface area contributed by atoms with Crippen molar-refractivity contribution in [1.82, 2.24) is 9.55 Å². The molecule has 2 atom stereocenters. The number of imidazole rings is 1. The second-order valence-corrected chi connectivity index (χ2v) is 4.61. The van der Waals surface area contributed by atoms with Gasteiger partial charge in [-0.05, 0) is 37.0 Å². The Morgan fingerprint density at radius 2 is 2.21 bits per heavy atom. The summed E-state index contributed by atoms with van der Waals surface area (Å²) in [5, 5.41) is 8.81. The smallest absolute Gasteiger partial charge is 0.212 e. The van der Waals surface area contributed by atoms with Gasteiger partial charge in [0.15, 0.2) is 0 Å². The van der Waals surface area contributed by atoms with Crippen LogP contribution < -0.4 is 0 Å². The fraction of sp³-hybridized carbons (Fsp3) is 0.636. The molecule has 1 aromatic rings. The molecule has 0 N–H and O–H groups in total. The molecule has 3 rings (SSSR count). The largest absolute Gasteiger partial charge is 0.322 e. The number of hydrogen-bond acceptors (Lipinski definition) is 2. The maximum atomic E-state index is 8.81. The van der Waals surface area contributed by atoms with Gasteiger partial charge in [0.05, 0.1) is 0 Å². The molecule has 72 valence electrons. The zero-order chi connectivity index (χ0) is 9.54. The second kappa shape index (κ2) is 2.84. The van der Waals surface area contributed by atoms with Crippen molar-refractivity contribution in [2.75, 3.05) is 0 Å². The molecule has 3 nitrogen and oxygen atoms in total. The van der Waals surface area contributed by atoms with Crippen molar-refractivity contribution in [3.05, 3.63) is 18.2 Å². The molecule has 3 heteroatoms. The Morgan fingerprint density at radius 3 is 2.93 bits per heavy atom. The van der Waals surface area contributed by atoms with Gasteiger partial charge in [-0.15, -0.1) is 0 Å². The fourth-order valence-electron chi connectivity index (χ4n) is 2.84. The zero-order valence-corrected chi connectivity index (χ0v) is 8.06. The first-order chi connectivity index (χ1) is 6.86. The van der Waals surface area contributed by atoms with Gasteiger partial charge in [0.25, 0.3) is 0 Å². The van der Waals surface area contributed by atoms with Crippen LogP contribution in [-0.2, 0) is 6.54 Å². The highest BCUT2D eigenvalue weighted by Crippen LogP contribution is 2.54. The first kappa shape index (κ1) is 8.05. The van der Waals surface area contributed by atoms with Crippen molar-refractivity contribution in [2.45, 2.75) is 25.8 Å². The van der Waals surface area contributed by atoms with E-state index in [9.17, 15) is 0 Å². The lowest BCUT2D eigenvalue weighted by Crippen LogP contribution is -2.10. The van der Waals surface area contributed by atoms with E-state index in [1.165, 1.54) is 19.3 Å². The van der Waals surface area contributed by atoms with Gasteiger partial charge < -0.3 is 4.57 Å². The predicted molar refractivity (Wildman–Crippen MR) is 51.3 cm³/mol. The Kier molecular flexibility index (Phi) is 1.63. The third-order valence-electron chi connectivity index (χ3n) is 3.61. The second-order valence-electron chi connectivity index (χ2n) is 4.61. The van der Waals surface area contributed by atoms with Crippen LogP contribution in [0.3, 0.4) is 0 Å². The Hall–Kier alpha value is -1.30. The maximum absolute atomic E-state index is 8.81. The third-order valence-corrected chi connectivity index (χ3v) is 3.61. The quantitative estimate of drug-likeness (QED) is 0.708. The van der Waals surface area contributed by atoms with Gasteiger partial charge >= 0.3 is 0 Å². The first-order valence-electron chi connectivity index (χ1n) is 5.28. The average molecular weight is 187 g/mol. The summed E-state index contributed by atoms with van der Waals surface area (Å²) in [6, 6.07) is 2.12. The minimum atomic E-state index is 0.561. The van der Waals surface area contributed by atoms with Crippen molar-refractivity contribution in [3.8, 4) is 6.07 Å². The number of hydrogen-bond donors (Lipinski definition) is 0. The van der Waals surface area contributed by atoms with E-state index in [4.69, 9.17) is 5.26 Å². The first-order valence-corrected chi connectivity index (χ1v) is 5.28. The molecule has 0 spiro atoms. The van der Waals surface area contributed by atoms with E-state index in [1.54, 1.807) is 6.20 Å². The van der Waals surface area contributed by atoms with Crippen molar-refractivity contribution < 1.29 is 0 Å². The van der Waals surface area contributed by atoms with Crippen LogP contribution in [0.1, 0.15) is 25.1 Å². The van der Waals surface area contributed by atoms with E-state index >= 15 is 0 Å². The average Bonchev–Trinajstić information content (AvgIpc) is 2.66.